The standard InChI is InChI=1S/C24H23F.C24H29F/c25-24-17-22(15-16-23(24)21-9-5-2-6-10-21)20-13-11-19(12-14-20)18-7-3-1-4-8-18;25-24-17-22(19-9-5-2-6-10-19)15-16-23(24)21-13-11-20(12-14-21)18-7-3-1-4-8-18/h2,5-6,9-18H,1,3-4,7-8H2;11-19H,1-10H2. The summed E-state index contributed by atoms with van der Waals surface area (Å²) in [5.41, 5.74) is 9.40. The molecule has 3 fully saturated rings. The minimum Gasteiger partial charge on any atom is -0.206 e. The van der Waals surface area contributed by atoms with Gasteiger partial charge in [-0.25, -0.2) is 8.78 Å². The van der Waals surface area contributed by atoms with Crippen LogP contribution >= 0.6 is 0 Å². The molecule has 0 heterocycles. The summed E-state index contributed by atoms with van der Waals surface area (Å²) in [4.78, 5) is 0. The first-order valence-electron chi connectivity index (χ1n) is 19.5. The van der Waals surface area contributed by atoms with Crippen molar-refractivity contribution in [1.29, 1.82) is 0 Å². The summed E-state index contributed by atoms with van der Waals surface area (Å²) >= 11 is 0. The number of benzene rings is 5. The fraction of sp³-hybridized carbons (Fsp3) is 0.375. The molecule has 50 heavy (non-hydrogen) atoms. The predicted molar refractivity (Wildman–Crippen MR) is 207 cm³/mol. The lowest BCUT2D eigenvalue weighted by Crippen LogP contribution is -2.05. The minimum absolute atomic E-state index is 0.0616. The molecule has 5 aromatic rings. The van der Waals surface area contributed by atoms with Crippen LogP contribution in [0.5, 0.6) is 0 Å². The Bertz CT molecular complexity index is 1790. The Morgan fingerprint density at radius 2 is 0.700 bits per heavy atom. The topological polar surface area (TPSA) is 0 Å². The largest absolute Gasteiger partial charge is 0.206 e. The molecule has 0 spiro atoms. The molecule has 258 valence electrons. The molecule has 0 N–H and O–H groups in total. The van der Waals surface area contributed by atoms with Gasteiger partial charge in [-0.3, -0.25) is 0 Å². The fourth-order valence-electron chi connectivity index (χ4n) is 8.76. The van der Waals surface area contributed by atoms with E-state index in [0.717, 1.165) is 27.8 Å². The molecule has 0 atom stereocenters. The molecule has 0 radical (unpaired) electrons. The van der Waals surface area contributed by atoms with Gasteiger partial charge in [0.1, 0.15) is 11.6 Å². The van der Waals surface area contributed by atoms with Crippen LogP contribution in [0.25, 0.3) is 33.4 Å². The summed E-state index contributed by atoms with van der Waals surface area (Å²) < 4.78 is 29.3. The Hall–Kier alpha value is -4.04. The van der Waals surface area contributed by atoms with Crippen LogP contribution in [0.15, 0.2) is 115 Å². The van der Waals surface area contributed by atoms with E-state index in [1.807, 2.05) is 48.5 Å². The number of rotatable bonds is 6. The molecular formula is C48H52F2. The average molecular weight is 667 g/mol. The monoisotopic (exact) mass is 666 g/mol. The van der Waals surface area contributed by atoms with Gasteiger partial charge in [0.15, 0.2) is 0 Å². The van der Waals surface area contributed by atoms with E-state index in [1.54, 1.807) is 12.1 Å². The molecule has 3 saturated carbocycles. The number of hydrogen-bond acceptors (Lipinski definition) is 0. The predicted octanol–water partition coefficient (Wildman–Crippen LogP) is 14.8. The first-order chi connectivity index (χ1) is 24.6. The molecule has 0 unspecified atom stereocenters. The summed E-state index contributed by atoms with van der Waals surface area (Å²) in [7, 11) is 0. The molecule has 0 aliphatic heterocycles. The van der Waals surface area contributed by atoms with Gasteiger partial charge in [-0.05, 0) is 107 Å². The molecule has 0 amide bonds. The minimum atomic E-state index is -0.167. The SMILES string of the molecule is Fc1cc(-c2ccc(C3CCCCC3)cc2)ccc1-c1ccccc1.Fc1cc(C2CCCCC2)ccc1-c1ccc(C2CCCCC2)cc1. The summed E-state index contributed by atoms with van der Waals surface area (Å²) in [5, 5.41) is 0. The first-order valence-corrected chi connectivity index (χ1v) is 19.5. The zero-order valence-electron chi connectivity index (χ0n) is 29.6. The van der Waals surface area contributed by atoms with Gasteiger partial charge in [0.2, 0.25) is 0 Å². The van der Waals surface area contributed by atoms with Crippen molar-refractivity contribution < 1.29 is 8.78 Å². The highest BCUT2D eigenvalue weighted by Crippen LogP contribution is 2.37. The molecule has 5 aromatic carbocycles. The van der Waals surface area contributed by atoms with Crippen LogP contribution < -0.4 is 0 Å². The molecule has 3 aliphatic carbocycles. The summed E-state index contributed by atoms with van der Waals surface area (Å²) in [6, 6.07) is 38.6. The molecule has 0 nitrogen and oxygen atoms in total. The van der Waals surface area contributed by atoms with Crippen molar-refractivity contribution in [2.45, 2.75) is 114 Å². The van der Waals surface area contributed by atoms with Gasteiger partial charge in [0.05, 0.1) is 0 Å². The summed E-state index contributed by atoms with van der Waals surface area (Å²) in [6.45, 7) is 0. The van der Waals surface area contributed by atoms with Gasteiger partial charge >= 0.3 is 0 Å². The van der Waals surface area contributed by atoms with E-state index in [1.165, 1.54) is 113 Å². The van der Waals surface area contributed by atoms with Gasteiger partial charge in [-0.2, -0.15) is 0 Å². The summed E-state index contributed by atoms with van der Waals surface area (Å²) in [5.74, 6) is 1.75. The van der Waals surface area contributed by atoms with Crippen LogP contribution in [0.1, 0.15) is 131 Å². The third kappa shape index (κ3) is 8.45. The van der Waals surface area contributed by atoms with Crippen LogP contribution in [0.4, 0.5) is 8.78 Å². The zero-order valence-corrected chi connectivity index (χ0v) is 29.6. The molecule has 0 saturated heterocycles. The first kappa shape index (κ1) is 34.4. The molecular weight excluding hydrogens is 615 g/mol. The van der Waals surface area contributed by atoms with Crippen LogP contribution in [0.3, 0.4) is 0 Å². The molecule has 3 aliphatic rings. The second kappa shape index (κ2) is 16.8. The number of hydrogen-bond donors (Lipinski definition) is 0. The smallest absolute Gasteiger partial charge is 0.131 e. The second-order valence-corrected chi connectivity index (χ2v) is 15.0. The van der Waals surface area contributed by atoms with E-state index in [0.29, 0.717) is 23.3 Å². The van der Waals surface area contributed by atoms with Crippen LogP contribution in [0.2, 0.25) is 0 Å². The van der Waals surface area contributed by atoms with Crippen molar-refractivity contribution in [3.8, 4) is 33.4 Å². The highest BCUT2D eigenvalue weighted by Gasteiger charge is 2.19. The van der Waals surface area contributed by atoms with Crippen LogP contribution in [-0.2, 0) is 0 Å². The maximum absolute atomic E-state index is 14.7. The van der Waals surface area contributed by atoms with E-state index in [4.69, 9.17) is 0 Å². The normalized spacial score (nSPS) is 17.6. The van der Waals surface area contributed by atoms with E-state index in [2.05, 4.69) is 54.6 Å². The van der Waals surface area contributed by atoms with E-state index < -0.39 is 0 Å². The quantitative estimate of drug-likeness (QED) is 0.169. The average Bonchev–Trinajstić information content (AvgIpc) is 3.19. The lowest BCUT2D eigenvalue weighted by molar-refractivity contribution is 0.442. The Balaban J connectivity index is 0.000000157. The molecule has 0 aromatic heterocycles. The fourth-order valence-corrected chi connectivity index (χ4v) is 8.76. The maximum atomic E-state index is 14.7. The van der Waals surface area contributed by atoms with Gasteiger partial charge in [0.25, 0.3) is 0 Å². The second-order valence-electron chi connectivity index (χ2n) is 15.0. The van der Waals surface area contributed by atoms with E-state index in [-0.39, 0.29) is 11.6 Å². The Labute approximate surface area is 299 Å². The maximum Gasteiger partial charge on any atom is 0.131 e. The van der Waals surface area contributed by atoms with Gasteiger partial charge in [-0.15, -0.1) is 0 Å². The lowest BCUT2D eigenvalue weighted by Gasteiger charge is -2.23. The Morgan fingerprint density at radius 1 is 0.320 bits per heavy atom. The van der Waals surface area contributed by atoms with E-state index >= 15 is 0 Å². The van der Waals surface area contributed by atoms with Crippen molar-refractivity contribution in [2.75, 3.05) is 0 Å². The van der Waals surface area contributed by atoms with Crippen LogP contribution in [0, 0.1) is 11.6 Å². The molecule has 0 bridgehead atoms. The molecule has 8 rings (SSSR count). The van der Waals surface area contributed by atoms with E-state index in [9.17, 15) is 8.78 Å². The third-order valence-corrected chi connectivity index (χ3v) is 11.7. The highest BCUT2D eigenvalue weighted by atomic mass is 19.1. The lowest BCUT2D eigenvalue weighted by atomic mass is 9.83. The third-order valence-electron chi connectivity index (χ3n) is 11.7. The Morgan fingerprint density at radius 3 is 1.18 bits per heavy atom. The summed E-state index contributed by atoms with van der Waals surface area (Å²) in [6.07, 6.45) is 19.7. The van der Waals surface area contributed by atoms with Crippen molar-refractivity contribution >= 4 is 0 Å². The van der Waals surface area contributed by atoms with Gasteiger partial charge in [0, 0.05) is 11.1 Å². The zero-order chi connectivity index (χ0) is 34.1. The van der Waals surface area contributed by atoms with Gasteiger partial charge in [-0.1, -0.05) is 161 Å². The van der Waals surface area contributed by atoms with Crippen molar-refractivity contribution in [3.05, 3.63) is 144 Å². The molecule has 2 heteroatoms. The van der Waals surface area contributed by atoms with Crippen molar-refractivity contribution in [1.82, 2.24) is 0 Å². The van der Waals surface area contributed by atoms with Crippen LogP contribution in [-0.4, -0.2) is 0 Å². The van der Waals surface area contributed by atoms with Crippen molar-refractivity contribution in [3.63, 3.8) is 0 Å². The highest BCUT2D eigenvalue weighted by molar-refractivity contribution is 5.71. The van der Waals surface area contributed by atoms with Crippen molar-refractivity contribution in [2.24, 2.45) is 0 Å². The number of halogens is 2. The Kier molecular flexibility index (Phi) is 11.5. The van der Waals surface area contributed by atoms with Gasteiger partial charge < -0.3 is 0 Å².